The molecule has 8 heteroatoms. The van der Waals surface area contributed by atoms with Crippen molar-refractivity contribution in [2.24, 2.45) is 0 Å². The molecule has 0 spiro atoms. The molecule has 8 nitrogen and oxygen atoms in total. The van der Waals surface area contributed by atoms with Crippen LogP contribution in [0.5, 0.6) is 6.01 Å². The van der Waals surface area contributed by atoms with Crippen molar-refractivity contribution in [3.63, 3.8) is 0 Å². The minimum Gasteiger partial charge on any atom is -0.467 e. The molecule has 1 heterocycles. The molecule has 2 N–H and O–H groups in total. The number of carbonyl (C=O) groups excluding carboxylic acids is 2. The quantitative estimate of drug-likeness (QED) is 0.818. The summed E-state index contributed by atoms with van der Waals surface area (Å²) in [5, 5.41) is 5.23. The lowest BCUT2D eigenvalue weighted by Gasteiger charge is -2.16. The Morgan fingerprint density at radius 1 is 1.21 bits per heavy atom. The van der Waals surface area contributed by atoms with Gasteiger partial charge >= 0.3 is 6.01 Å². The van der Waals surface area contributed by atoms with Gasteiger partial charge in [-0.2, -0.15) is 4.98 Å². The molecule has 0 bridgehead atoms. The number of hydrogen-bond acceptors (Lipinski definition) is 6. The number of nitrogens with zero attached hydrogens (tertiary/aromatic N) is 3. The molecular weight excluding hydrogens is 310 g/mol. The molecule has 0 radical (unpaired) electrons. The predicted octanol–water partition coefficient (Wildman–Crippen LogP) is 0.920. The van der Waals surface area contributed by atoms with Crippen LogP contribution in [0.2, 0.25) is 0 Å². The van der Waals surface area contributed by atoms with Gasteiger partial charge in [0.2, 0.25) is 5.91 Å². The van der Waals surface area contributed by atoms with E-state index in [0.717, 1.165) is 0 Å². The van der Waals surface area contributed by atoms with E-state index in [1.165, 1.54) is 13.3 Å². The fraction of sp³-hybridized carbons (Fsp3) is 0.250. The molecule has 2 aromatic rings. The zero-order valence-electron chi connectivity index (χ0n) is 13.7. The first kappa shape index (κ1) is 17.2. The van der Waals surface area contributed by atoms with Crippen molar-refractivity contribution in [3.05, 3.63) is 42.1 Å². The van der Waals surface area contributed by atoms with E-state index in [1.807, 2.05) is 6.07 Å². The molecule has 0 aliphatic heterocycles. The molecule has 24 heavy (non-hydrogen) atoms. The van der Waals surface area contributed by atoms with Gasteiger partial charge in [-0.3, -0.25) is 9.59 Å². The predicted molar refractivity (Wildman–Crippen MR) is 90.3 cm³/mol. The molecule has 0 saturated carbocycles. The molecule has 0 saturated heterocycles. The van der Waals surface area contributed by atoms with E-state index in [0.29, 0.717) is 17.1 Å². The van der Waals surface area contributed by atoms with Gasteiger partial charge in [0.1, 0.15) is 5.69 Å². The molecule has 2 rings (SSSR count). The van der Waals surface area contributed by atoms with Gasteiger partial charge in [-0.15, -0.1) is 0 Å². The summed E-state index contributed by atoms with van der Waals surface area (Å²) in [6, 6.07) is 8.88. The van der Waals surface area contributed by atoms with Crippen molar-refractivity contribution in [2.75, 3.05) is 38.0 Å². The third-order valence-electron chi connectivity index (χ3n) is 3.07. The summed E-state index contributed by atoms with van der Waals surface area (Å²) in [7, 11) is 5.04. The lowest BCUT2D eigenvalue weighted by molar-refractivity contribution is -0.115. The second-order valence-corrected chi connectivity index (χ2v) is 5.09. The highest BCUT2D eigenvalue weighted by Crippen LogP contribution is 2.22. The Bertz CT molecular complexity index is 719. The summed E-state index contributed by atoms with van der Waals surface area (Å²) >= 11 is 0. The van der Waals surface area contributed by atoms with Gasteiger partial charge < -0.3 is 20.3 Å². The topological polar surface area (TPSA) is 96.4 Å². The third kappa shape index (κ3) is 4.42. The lowest BCUT2D eigenvalue weighted by atomic mass is 10.2. The van der Waals surface area contributed by atoms with Crippen molar-refractivity contribution in [2.45, 2.75) is 0 Å². The summed E-state index contributed by atoms with van der Waals surface area (Å²) in [5.74, 6) is -0.190. The van der Waals surface area contributed by atoms with Crippen molar-refractivity contribution in [3.8, 4) is 6.01 Å². The van der Waals surface area contributed by atoms with E-state index in [-0.39, 0.29) is 24.4 Å². The monoisotopic (exact) mass is 329 g/mol. The maximum Gasteiger partial charge on any atom is 0.318 e. The molecule has 0 atom stereocenters. The Kier molecular flexibility index (Phi) is 5.67. The van der Waals surface area contributed by atoms with Gasteiger partial charge in [0.15, 0.2) is 5.82 Å². The van der Waals surface area contributed by atoms with Crippen LogP contribution in [0.4, 0.5) is 11.5 Å². The molecule has 126 valence electrons. The van der Waals surface area contributed by atoms with Gasteiger partial charge in [-0.25, -0.2) is 4.98 Å². The van der Waals surface area contributed by atoms with Gasteiger partial charge in [0, 0.05) is 19.7 Å². The van der Waals surface area contributed by atoms with E-state index in [9.17, 15) is 9.59 Å². The van der Waals surface area contributed by atoms with Gasteiger partial charge in [0.25, 0.3) is 5.91 Å². The van der Waals surface area contributed by atoms with Gasteiger partial charge in [-0.05, 0) is 12.1 Å². The number of ether oxygens (including phenoxy) is 1. The van der Waals surface area contributed by atoms with Crippen LogP contribution in [-0.4, -0.2) is 49.5 Å². The number of nitrogens with one attached hydrogen (secondary N) is 2. The second kappa shape index (κ2) is 7.91. The zero-order chi connectivity index (χ0) is 17.5. The fourth-order valence-corrected chi connectivity index (χ4v) is 1.93. The standard InChI is InChI=1S/C16H19N5O3/c1-21(2)14-12(9-18-16(20-14)24-3)19-13(22)10-17-15(23)11-7-5-4-6-8-11/h4-9H,10H2,1-3H3,(H,17,23)(H,19,22). The van der Waals surface area contributed by atoms with Crippen LogP contribution in [0.1, 0.15) is 10.4 Å². The van der Waals surface area contributed by atoms with Crippen molar-refractivity contribution in [1.29, 1.82) is 0 Å². The fourth-order valence-electron chi connectivity index (χ4n) is 1.93. The largest absolute Gasteiger partial charge is 0.467 e. The van der Waals surface area contributed by atoms with Crippen molar-refractivity contribution >= 4 is 23.3 Å². The van der Waals surface area contributed by atoms with Crippen LogP contribution in [0, 0.1) is 0 Å². The SMILES string of the molecule is COc1ncc(NC(=O)CNC(=O)c2ccccc2)c(N(C)C)n1. The van der Waals surface area contributed by atoms with Crippen LogP contribution >= 0.6 is 0 Å². The minimum atomic E-state index is -0.379. The normalized spacial score (nSPS) is 9.96. The number of hydrogen-bond donors (Lipinski definition) is 2. The number of rotatable bonds is 6. The average Bonchev–Trinajstić information content (AvgIpc) is 2.60. The molecule has 0 fully saturated rings. The maximum absolute atomic E-state index is 12.0. The molecule has 2 amide bonds. The Hall–Kier alpha value is -3.16. The molecule has 0 aliphatic rings. The number of benzene rings is 1. The highest BCUT2D eigenvalue weighted by atomic mass is 16.5. The number of amides is 2. The van der Waals surface area contributed by atoms with Crippen LogP contribution in [-0.2, 0) is 4.79 Å². The summed E-state index contributed by atoms with van der Waals surface area (Å²) in [5.41, 5.74) is 0.923. The van der Waals surface area contributed by atoms with E-state index >= 15 is 0 Å². The van der Waals surface area contributed by atoms with Crippen molar-refractivity contribution < 1.29 is 14.3 Å². The maximum atomic E-state index is 12.0. The molecular formula is C16H19N5O3. The summed E-state index contributed by atoms with van der Waals surface area (Å²) in [6.07, 6.45) is 1.46. The number of methoxy groups -OCH3 is 1. The Morgan fingerprint density at radius 3 is 2.54 bits per heavy atom. The Balaban J connectivity index is 1.98. The van der Waals surface area contributed by atoms with Crippen LogP contribution in [0.3, 0.4) is 0 Å². The van der Waals surface area contributed by atoms with Crippen LogP contribution in [0.25, 0.3) is 0 Å². The number of anilines is 2. The van der Waals surface area contributed by atoms with Crippen molar-refractivity contribution in [1.82, 2.24) is 15.3 Å². The van der Waals surface area contributed by atoms with E-state index < -0.39 is 0 Å². The molecule has 1 aromatic heterocycles. The summed E-state index contributed by atoms with van der Waals surface area (Å²) in [6.45, 7) is -0.160. The lowest BCUT2D eigenvalue weighted by Crippen LogP contribution is -2.33. The minimum absolute atomic E-state index is 0.160. The highest BCUT2D eigenvalue weighted by molar-refractivity contribution is 6.00. The second-order valence-electron chi connectivity index (χ2n) is 5.09. The Morgan fingerprint density at radius 2 is 1.92 bits per heavy atom. The van der Waals surface area contributed by atoms with Gasteiger partial charge in [0.05, 0.1) is 19.9 Å². The average molecular weight is 329 g/mol. The van der Waals surface area contributed by atoms with Crippen LogP contribution < -0.4 is 20.3 Å². The van der Waals surface area contributed by atoms with Gasteiger partial charge in [-0.1, -0.05) is 18.2 Å². The summed E-state index contributed by atoms with van der Waals surface area (Å²) < 4.78 is 4.97. The summed E-state index contributed by atoms with van der Waals surface area (Å²) in [4.78, 5) is 33.8. The first-order chi connectivity index (χ1) is 11.5. The first-order valence-corrected chi connectivity index (χ1v) is 7.22. The third-order valence-corrected chi connectivity index (χ3v) is 3.07. The first-order valence-electron chi connectivity index (χ1n) is 7.22. The molecule has 0 aliphatic carbocycles. The number of carbonyl (C=O) groups is 2. The van der Waals surface area contributed by atoms with E-state index in [2.05, 4.69) is 20.6 Å². The smallest absolute Gasteiger partial charge is 0.318 e. The van der Waals surface area contributed by atoms with Crippen LogP contribution in [0.15, 0.2) is 36.5 Å². The number of aromatic nitrogens is 2. The molecule has 0 unspecified atom stereocenters. The highest BCUT2D eigenvalue weighted by Gasteiger charge is 2.13. The van der Waals surface area contributed by atoms with E-state index in [4.69, 9.17) is 4.74 Å². The van der Waals surface area contributed by atoms with E-state index in [1.54, 1.807) is 43.3 Å². The Labute approximate surface area is 139 Å². The zero-order valence-corrected chi connectivity index (χ0v) is 13.7. The molecule has 1 aromatic carbocycles.